The highest BCUT2D eigenvalue weighted by molar-refractivity contribution is 5.75. The zero-order valence-electron chi connectivity index (χ0n) is 20.0. The van der Waals surface area contributed by atoms with E-state index in [-0.39, 0.29) is 41.3 Å². The van der Waals surface area contributed by atoms with Crippen LogP contribution in [0.5, 0.6) is 0 Å². The largest absolute Gasteiger partial charge is 0.469 e. The van der Waals surface area contributed by atoms with Crippen LogP contribution in [0.1, 0.15) is 79.1 Å². The van der Waals surface area contributed by atoms with Gasteiger partial charge in [0.1, 0.15) is 12.2 Å². The van der Waals surface area contributed by atoms with Crippen LogP contribution in [0.3, 0.4) is 0 Å². The first-order valence-corrected chi connectivity index (χ1v) is 12.1. The molecule has 0 aromatic rings. The quantitative estimate of drug-likeness (QED) is 0.520. The van der Waals surface area contributed by atoms with Crippen molar-refractivity contribution in [2.24, 2.45) is 34.5 Å². The third-order valence-corrected chi connectivity index (χ3v) is 9.99. The van der Waals surface area contributed by atoms with E-state index >= 15 is 0 Å². The molecule has 4 saturated carbocycles. The zero-order valence-corrected chi connectivity index (χ0v) is 20.0. The van der Waals surface area contributed by atoms with Gasteiger partial charge in [-0.15, -0.1) is 0 Å². The number of hydrogen-bond acceptors (Lipinski definition) is 7. The summed E-state index contributed by atoms with van der Waals surface area (Å²) in [7, 11) is 1.38. The summed E-state index contributed by atoms with van der Waals surface area (Å²) < 4.78 is 16.5. The Balaban J connectivity index is 1.69. The second-order valence-electron chi connectivity index (χ2n) is 11.2. The molecule has 7 nitrogen and oxygen atoms in total. The molecule has 4 aliphatic carbocycles. The van der Waals surface area contributed by atoms with Crippen molar-refractivity contribution in [1.82, 2.24) is 0 Å². The monoisotopic (exact) mass is 450 g/mol. The van der Waals surface area contributed by atoms with Gasteiger partial charge in [0.25, 0.3) is 0 Å². The summed E-state index contributed by atoms with van der Waals surface area (Å²) >= 11 is 0. The van der Waals surface area contributed by atoms with Gasteiger partial charge in [-0.2, -0.15) is 0 Å². The zero-order chi connectivity index (χ0) is 23.5. The Morgan fingerprint density at radius 1 is 0.875 bits per heavy atom. The standard InChI is InChI=1S/C25H38O7/c1-14(26)31-17-8-10-23(3)16(12-17)6-7-18-20(23)13-21(32-15(2)27)24(4)19(22(28)30-5)9-11-25(18,24)29/h16-21,29H,6-13H2,1-5H3/t16-,17-,18-,19-,20+,21+,23+,24+,25-/m1/s1. The topological polar surface area (TPSA) is 99.1 Å². The number of rotatable bonds is 3. The Kier molecular flexibility index (Phi) is 5.88. The van der Waals surface area contributed by atoms with Crippen LogP contribution in [-0.2, 0) is 28.6 Å². The first-order valence-electron chi connectivity index (χ1n) is 12.1. The van der Waals surface area contributed by atoms with Gasteiger partial charge >= 0.3 is 17.9 Å². The molecule has 0 radical (unpaired) electrons. The van der Waals surface area contributed by atoms with Crippen LogP contribution in [-0.4, -0.2) is 47.9 Å². The highest BCUT2D eigenvalue weighted by Gasteiger charge is 2.72. The average molecular weight is 451 g/mol. The predicted molar refractivity (Wildman–Crippen MR) is 115 cm³/mol. The van der Waals surface area contributed by atoms with Crippen molar-refractivity contribution in [3.63, 3.8) is 0 Å². The lowest BCUT2D eigenvalue weighted by Crippen LogP contribution is -2.68. The predicted octanol–water partition coefficient (Wildman–Crippen LogP) is 3.41. The minimum Gasteiger partial charge on any atom is -0.469 e. The maximum absolute atomic E-state index is 12.7. The summed E-state index contributed by atoms with van der Waals surface area (Å²) in [5, 5.41) is 12.3. The van der Waals surface area contributed by atoms with Crippen molar-refractivity contribution < 1.29 is 33.7 Å². The normalized spacial score (nSPS) is 47.4. The number of hydrogen-bond donors (Lipinski definition) is 1. The molecule has 7 heteroatoms. The minimum absolute atomic E-state index is 0.0294. The van der Waals surface area contributed by atoms with E-state index in [1.807, 2.05) is 6.92 Å². The average Bonchev–Trinajstić information content (AvgIpc) is 3.00. The van der Waals surface area contributed by atoms with Crippen LogP contribution in [0.2, 0.25) is 0 Å². The van der Waals surface area contributed by atoms with Gasteiger partial charge in [0.05, 0.1) is 18.6 Å². The lowest BCUT2D eigenvalue weighted by Gasteiger charge is -2.64. The fraction of sp³-hybridized carbons (Fsp3) is 0.880. The van der Waals surface area contributed by atoms with Gasteiger partial charge in [-0.25, -0.2) is 0 Å². The summed E-state index contributed by atoms with van der Waals surface area (Å²) in [6.07, 6.45) is 5.51. The molecule has 0 amide bonds. The van der Waals surface area contributed by atoms with E-state index in [0.717, 1.165) is 32.1 Å². The second kappa shape index (κ2) is 8.00. The molecule has 0 unspecified atom stereocenters. The summed E-state index contributed by atoms with van der Waals surface area (Å²) in [5.41, 5.74) is -1.99. The molecule has 32 heavy (non-hydrogen) atoms. The SMILES string of the molecule is COC(=O)[C@H]1CC[C@@]2(O)[C@@H]3CC[C@@H]4C[C@H](OC(C)=O)CC[C@]4(C)[C@H]3C[C@H](OC(C)=O)[C@]12C. The van der Waals surface area contributed by atoms with Gasteiger partial charge in [-0.1, -0.05) is 13.8 Å². The van der Waals surface area contributed by atoms with Crippen LogP contribution < -0.4 is 0 Å². The van der Waals surface area contributed by atoms with Crippen LogP contribution in [0.25, 0.3) is 0 Å². The molecule has 4 rings (SSSR count). The highest BCUT2D eigenvalue weighted by Crippen LogP contribution is 2.69. The Bertz CT molecular complexity index is 795. The Hall–Kier alpha value is -1.63. The van der Waals surface area contributed by atoms with Gasteiger partial charge in [0.2, 0.25) is 0 Å². The fourth-order valence-electron chi connectivity index (χ4n) is 8.38. The van der Waals surface area contributed by atoms with Crippen molar-refractivity contribution in [3.05, 3.63) is 0 Å². The van der Waals surface area contributed by atoms with E-state index in [4.69, 9.17) is 14.2 Å². The van der Waals surface area contributed by atoms with Crippen molar-refractivity contribution in [3.8, 4) is 0 Å². The van der Waals surface area contributed by atoms with Crippen molar-refractivity contribution >= 4 is 17.9 Å². The van der Waals surface area contributed by atoms with E-state index in [1.165, 1.54) is 21.0 Å². The first-order chi connectivity index (χ1) is 15.0. The molecule has 0 aromatic carbocycles. The number of fused-ring (bicyclic) bond motifs is 5. The molecule has 0 saturated heterocycles. The summed E-state index contributed by atoms with van der Waals surface area (Å²) in [4.78, 5) is 36.3. The third kappa shape index (κ3) is 3.29. The first kappa shape index (κ1) is 23.5. The molecule has 0 heterocycles. The Morgan fingerprint density at radius 2 is 1.56 bits per heavy atom. The van der Waals surface area contributed by atoms with E-state index in [1.54, 1.807) is 0 Å². The maximum atomic E-state index is 12.7. The molecule has 4 fully saturated rings. The maximum Gasteiger partial charge on any atom is 0.309 e. The Morgan fingerprint density at radius 3 is 2.19 bits per heavy atom. The van der Waals surface area contributed by atoms with Gasteiger partial charge in [-0.3, -0.25) is 14.4 Å². The third-order valence-electron chi connectivity index (χ3n) is 9.99. The smallest absolute Gasteiger partial charge is 0.309 e. The Labute approximate surface area is 190 Å². The number of carbonyl (C=O) groups is 3. The molecular weight excluding hydrogens is 412 g/mol. The molecule has 0 spiro atoms. The van der Waals surface area contributed by atoms with Gasteiger partial charge in [0.15, 0.2) is 0 Å². The second-order valence-corrected chi connectivity index (χ2v) is 11.2. The van der Waals surface area contributed by atoms with E-state index in [0.29, 0.717) is 25.2 Å². The highest BCUT2D eigenvalue weighted by atomic mass is 16.6. The number of ether oxygens (including phenoxy) is 3. The van der Waals surface area contributed by atoms with E-state index in [2.05, 4.69) is 6.92 Å². The van der Waals surface area contributed by atoms with Gasteiger partial charge in [-0.05, 0) is 74.5 Å². The number of aliphatic hydroxyl groups is 1. The van der Waals surface area contributed by atoms with Gasteiger partial charge in [0, 0.05) is 19.3 Å². The van der Waals surface area contributed by atoms with E-state index < -0.39 is 23.0 Å². The molecule has 0 bridgehead atoms. The van der Waals surface area contributed by atoms with E-state index in [9.17, 15) is 19.5 Å². The summed E-state index contributed by atoms with van der Waals surface area (Å²) in [6, 6.07) is 0. The molecule has 4 aliphatic rings. The van der Waals surface area contributed by atoms with Crippen LogP contribution in [0, 0.1) is 34.5 Å². The summed E-state index contributed by atoms with van der Waals surface area (Å²) in [6.45, 7) is 7.09. The summed E-state index contributed by atoms with van der Waals surface area (Å²) in [5.74, 6) is -0.827. The molecule has 0 aromatic heterocycles. The molecule has 180 valence electrons. The molecular formula is C25H38O7. The number of carbonyl (C=O) groups excluding carboxylic acids is 3. The van der Waals surface area contributed by atoms with Crippen LogP contribution in [0.4, 0.5) is 0 Å². The fourth-order valence-corrected chi connectivity index (χ4v) is 8.38. The number of methoxy groups -OCH3 is 1. The molecule has 9 atom stereocenters. The van der Waals surface area contributed by atoms with Crippen molar-refractivity contribution in [2.45, 2.75) is 96.9 Å². The van der Waals surface area contributed by atoms with Gasteiger partial charge < -0.3 is 19.3 Å². The molecule has 0 aliphatic heterocycles. The lowest BCUT2D eigenvalue weighted by molar-refractivity contribution is -0.254. The lowest BCUT2D eigenvalue weighted by atomic mass is 9.42. The van der Waals surface area contributed by atoms with Crippen molar-refractivity contribution in [2.75, 3.05) is 7.11 Å². The van der Waals surface area contributed by atoms with Crippen LogP contribution >= 0.6 is 0 Å². The molecule has 1 N–H and O–H groups in total. The number of esters is 3. The minimum atomic E-state index is -1.09. The van der Waals surface area contributed by atoms with Crippen LogP contribution in [0.15, 0.2) is 0 Å². The van der Waals surface area contributed by atoms with Crippen molar-refractivity contribution in [1.29, 1.82) is 0 Å².